The summed E-state index contributed by atoms with van der Waals surface area (Å²) in [4.78, 5) is 4.64. The van der Waals surface area contributed by atoms with Crippen molar-refractivity contribution < 1.29 is 0 Å². The first kappa shape index (κ1) is 13.6. The van der Waals surface area contributed by atoms with Crippen molar-refractivity contribution in [3.63, 3.8) is 0 Å². The maximum Gasteiger partial charge on any atom is 0.0734 e. The highest BCUT2D eigenvalue weighted by molar-refractivity contribution is 5.73. The molecule has 2 aromatic carbocycles. The fourth-order valence-electron chi connectivity index (χ4n) is 2.60. The van der Waals surface area contributed by atoms with Crippen LogP contribution < -0.4 is 0 Å². The van der Waals surface area contributed by atoms with Crippen LogP contribution >= 0.6 is 0 Å². The second kappa shape index (κ2) is 5.53. The van der Waals surface area contributed by atoms with Gasteiger partial charge in [0, 0.05) is 11.8 Å². The number of rotatable bonds is 2. The van der Waals surface area contributed by atoms with Gasteiger partial charge in [0.05, 0.1) is 5.69 Å². The van der Waals surface area contributed by atoms with Crippen LogP contribution in [-0.4, -0.2) is 4.98 Å². The summed E-state index contributed by atoms with van der Waals surface area (Å²) >= 11 is 0. The summed E-state index contributed by atoms with van der Waals surface area (Å²) in [7, 11) is 0. The van der Waals surface area contributed by atoms with Crippen molar-refractivity contribution in [2.24, 2.45) is 0 Å². The van der Waals surface area contributed by atoms with Crippen molar-refractivity contribution >= 4 is 0 Å². The van der Waals surface area contributed by atoms with Crippen molar-refractivity contribution in [2.45, 2.75) is 20.8 Å². The van der Waals surface area contributed by atoms with E-state index in [1.165, 1.54) is 33.4 Å². The molecule has 1 aromatic heterocycles. The normalized spacial score (nSPS) is 10.6. The van der Waals surface area contributed by atoms with Crippen LogP contribution in [-0.2, 0) is 0 Å². The zero-order valence-corrected chi connectivity index (χ0v) is 12.7. The largest absolute Gasteiger partial charge is 0.256 e. The zero-order chi connectivity index (χ0) is 14.8. The molecule has 0 fully saturated rings. The molecule has 21 heavy (non-hydrogen) atoms. The lowest BCUT2D eigenvalue weighted by Crippen LogP contribution is -1.94. The van der Waals surface area contributed by atoms with Gasteiger partial charge in [0.1, 0.15) is 0 Å². The maximum atomic E-state index is 4.64. The number of pyridine rings is 1. The summed E-state index contributed by atoms with van der Waals surface area (Å²) in [5.74, 6) is 0. The fourth-order valence-corrected chi connectivity index (χ4v) is 2.60. The molecule has 0 bridgehead atoms. The summed E-state index contributed by atoms with van der Waals surface area (Å²) in [6.45, 7) is 6.43. The molecular weight excluding hydrogens is 254 g/mol. The number of hydrogen-bond acceptors (Lipinski definition) is 1. The first-order valence-corrected chi connectivity index (χ1v) is 7.25. The van der Waals surface area contributed by atoms with Gasteiger partial charge in [0.15, 0.2) is 0 Å². The Morgan fingerprint density at radius 1 is 0.667 bits per heavy atom. The van der Waals surface area contributed by atoms with Gasteiger partial charge in [-0.15, -0.1) is 0 Å². The molecular formula is C20H19N. The number of nitrogens with zero attached hydrogens (tertiary/aromatic N) is 1. The molecule has 3 rings (SSSR count). The Bertz CT molecular complexity index is 773. The van der Waals surface area contributed by atoms with E-state index in [0.29, 0.717) is 0 Å². The van der Waals surface area contributed by atoms with Crippen LogP contribution in [0, 0.1) is 20.8 Å². The van der Waals surface area contributed by atoms with E-state index in [1.807, 2.05) is 12.3 Å². The third-order valence-corrected chi connectivity index (χ3v) is 4.14. The highest BCUT2D eigenvalue weighted by Crippen LogP contribution is 2.28. The Hall–Kier alpha value is -2.41. The van der Waals surface area contributed by atoms with E-state index in [1.54, 1.807) is 0 Å². The van der Waals surface area contributed by atoms with Gasteiger partial charge in [0.2, 0.25) is 0 Å². The predicted molar refractivity (Wildman–Crippen MR) is 89.3 cm³/mol. The SMILES string of the molecule is Cc1cnc(-c2cccc(-c3ccccc3)c2)c(C)c1C. The molecule has 0 unspecified atom stereocenters. The van der Waals surface area contributed by atoms with E-state index in [-0.39, 0.29) is 0 Å². The van der Waals surface area contributed by atoms with Gasteiger partial charge < -0.3 is 0 Å². The van der Waals surface area contributed by atoms with Crippen molar-refractivity contribution in [1.82, 2.24) is 4.98 Å². The van der Waals surface area contributed by atoms with Crippen molar-refractivity contribution in [3.05, 3.63) is 77.5 Å². The molecule has 0 atom stereocenters. The summed E-state index contributed by atoms with van der Waals surface area (Å²) in [5, 5.41) is 0. The minimum absolute atomic E-state index is 1.08. The minimum atomic E-state index is 1.08. The van der Waals surface area contributed by atoms with Crippen LogP contribution in [0.5, 0.6) is 0 Å². The third kappa shape index (κ3) is 2.59. The number of benzene rings is 2. The highest BCUT2D eigenvalue weighted by atomic mass is 14.7. The summed E-state index contributed by atoms with van der Waals surface area (Å²) in [6.07, 6.45) is 1.97. The van der Waals surface area contributed by atoms with E-state index >= 15 is 0 Å². The average molecular weight is 273 g/mol. The van der Waals surface area contributed by atoms with Gasteiger partial charge in [-0.05, 0) is 54.7 Å². The fraction of sp³-hybridized carbons (Fsp3) is 0.150. The monoisotopic (exact) mass is 273 g/mol. The molecule has 1 heterocycles. The molecule has 0 spiro atoms. The van der Waals surface area contributed by atoms with Crippen LogP contribution in [0.15, 0.2) is 60.8 Å². The molecule has 0 aliphatic carbocycles. The third-order valence-electron chi connectivity index (χ3n) is 4.14. The van der Waals surface area contributed by atoms with Crippen LogP contribution in [0.2, 0.25) is 0 Å². The van der Waals surface area contributed by atoms with Crippen LogP contribution in [0.4, 0.5) is 0 Å². The molecule has 0 saturated carbocycles. The minimum Gasteiger partial charge on any atom is -0.256 e. The van der Waals surface area contributed by atoms with Gasteiger partial charge in [-0.3, -0.25) is 4.98 Å². The lowest BCUT2D eigenvalue weighted by atomic mass is 9.97. The van der Waals surface area contributed by atoms with E-state index < -0.39 is 0 Å². The van der Waals surface area contributed by atoms with E-state index in [2.05, 4.69) is 74.3 Å². The van der Waals surface area contributed by atoms with Crippen molar-refractivity contribution in [1.29, 1.82) is 0 Å². The number of hydrogen-bond donors (Lipinski definition) is 0. The molecule has 0 N–H and O–H groups in total. The van der Waals surface area contributed by atoms with Crippen molar-refractivity contribution in [2.75, 3.05) is 0 Å². The Labute approximate surface area is 126 Å². The Kier molecular flexibility index (Phi) is 3.57. The Morgan fingerprint density at radius 2 is 1.33 bits per heavy atom. The standard InChI is InChI=1S/C20H19N/c1-14-13-21-20(16(3)15(14)2)19-11-7-10-18(12-19)17-8-5-4-6-9-17/h4-13H,1-3H3. The maximum absolute atomic E-state index is 4.64. The van der Waals surface area contributed by atoms with Gasteiger partial charge in [0.25, 0.3) is 0 Å². The molecule has 1 heteroatoms. The number of aromatic nitrogens is 1. The summed E-state index contributed by atoms with van der Waals surface area (Å²) in [5.41, 5.74) is 8.56. The van der Waals surface area contributed by atoms with Gasteiger partial charge >= 0.3 is 0 Å². The second-order valence-electron chi connectivity index (χ2n) is 5.49. The molecule has 0 amide bonds. The van der Waals surface area contributed by atoms with Crippen LogP contribution in [0.25, 0.3) is 22.4 Å². The first-order valence-electron chi connectivity index (χ1n) is 7.25. The molecule has 1 nitrogen and oxygen atoms in total. The summed E-state index contributed by atoms with van der Waals surface area (Å²) in [6, 6.07) is 19.1. The average Bonchev–Trinajstić information content (AvgIpc) is 2.54. The lowest BCUT2D eigenvalue weighted by Gasteiger charge is -2.11. The van der Waals surface area contributed by atoms with Crippen LogP contribution in [0.3, 0.4) is 0 Å². The van der Waals surface area contributed by atoms with Gasteiger partial charge in [-0.2, -0.15) is 0 Å². The molecule has 0 radical (unpaired) electrons. The van der Waals surface area contributed by atoms with E-state index in [9.17, 15) is 0 Å². The molecule has 0 saturated heterocycles. The van der Waals surface area contributed by atoms with E-state index in [4.69, 9.17) is 0 Å². The van der Waals surface area contributed by atoms with E-state index in [0.717, 1.165) is 5.69 Å². The highest BCUT2D eigenvalue weighted by Gasteiger charge is 2.08. The first-order chi connectivity index (χ1) is 10.2. The quantitative estimate of drug-likeness (QED) is 0.614. The summed E-state index contributed by atoms with van der Waals surface area (Å²) < 4.78 is 0. The Morgan fingerprint density at radius 3 is 2.10 bits per heavy atom. The smallest absolute Gasteiger partial charge is 0.0734 e. The second-order valence-corrected chi connectivity index (χ2v) is 5.49. The molecule has 0 aliphatic rings. The predicted octanol–water partition coefficient (Wildman–Crippen LogP) is 5.34. The molecule has 3 aromatic rings. The topological polar surface area (TPSA) is 12.9 Å². The van der Waals surface area contributed by atoms with Gasteiger partial charge in [-0.25, -0.2) is 0 Å². The van der Waals surface area contributed by atoms with Crippen LogP contribution in [0.1, 0.15) is 16.7 Å². The van der Waals surface area contributed by atoms with Gasteiger partial charge in [-0.1, -0.05) is 48.5 Å². The molecule has 104 valence electrons. The zero-order valence-electron chi connectivity index (χ0n) is 12.7. The Balaban J connectivity index is 2.11. The number of aryl methyl sites for hydroxylation is 1. The van der Waals surface area contributed by atoms with Crippen molar-refractivity contribution in [3.8, 4) is 22.4 Å². The molecule has 0 aliphatic heterocycles. The lowest BCUT2D eigenvalue weighted by molar-refractivity contribution is 1.17.